The maximum Gasteiger partial charge on any atom is 0.272 e. The molecule has 1 N–H and O–H groups in total. The predicted octanol–water partition coefficient (Wildman–Crippen LogP) is 5.54. The number of carbonyl (C=O) groups is 1. The highest BCUT2D eigenvalue weighted by Crippen LogP contribution is 2.25. The normalized spacial score (nSPS) is 14.6. The van der Waals surface area contributed by atoms with Crippen molar-refractivity contribution in [1.82, 2.24) is 9.55 Å². The van der Waals surface area contributed by atoms with Gasteiger partial charge in [0.2, 0.25) is 0 Å². The van der Waals surface area contributed by atoms with E-state index in [1.165, 1.54) is 25.7 Å². The Balaban J connectivity index is 1.48. The summed E-state index contributed by atoms with van der Waals surface area (Å²) in [6.45, 7) is 4.81. The van der Waals surface area contributed by atoms with Crippen LogP contribution in [0.15, 0.2) is 41.9 Å². The summed E-state index contributed by atoms with van der Waals surface area (Å²) in [4.78, 5) is 20.1. The molecular formula is C22H25IN4OS. The van der Waals surface area contributed by atoms with Gasteiger partial charge in [-0.25, -0.2) is 4.98 Å². The van der Waals surface area contributed by atoms with Crippen LogP contribution in [-0.2, 0) is 6.54 Å². The average molecular weight is 520 g/mol. The molecule has 29 heavy (non-hydrogen) atoms. The molecule has 1 aliphatic rings. The van der Waals surface area contributed by atoms with E-state index in [1.807, 2.05) is 48.0 Å². The van der Waals surface area contributed by atoms with Crippen molar-refractivity contribution in [1.29, 1.82) is 0 Å². The Hall–Kier alpha value is -1.87. The molecule has 3 aromatic rings. The van der Waals surface area contributed by atoms with Crippen LogP contribution in [-0.4, -0.2) is 28.5 Å². The second-order valence-corrected chi connectivity index (χ2v) is 9.60. The molecule has 1 saturated heterocycles. The minimum atomic E-state index is -0.0951. The number of anilines is 2. The summed E-state index contributed by atoms with van der Waals surface area (Å²) >= 11 is 3.97. The molecule has 0 aliphatic carbocycles. The van der Waals surface area contributed by atoms with Crippen molar-refractivity contribution in [3.05, 3.63) is 62.4 Å². The first-order chi connectivity index (χ1) is 14.1. The van der Waals surface area contributed by atoms with Gasteiger partial charge in [-0.05, 0) is 78.3 Å². The number of nitrogens with zero attached hydrogens (tertiary/aromatic N) is 3. The van der Waals surface area contributed by atoms with Crippen LogP contribution in [0, 0.1) is 10.5 Å². The SMILES string of the molecule is Cc1cc(C(=O)Nc2ccc(I)cc2)n(Cc2csc(N3CCCCCC3)n2)c1. The molecule has 0 unspecified atom stereocenters. The molecule has 2 aromatic heterocycles. The molecule has 0 saturated carbocycles. The molecule has 1 aliphatic heterocycles. The number of aromatic nitrogens is 2. The molecule has 3 heterocycles. The van der Waals surface area contributed by atoms with E-state index in [-0.39, 0.29) is 5.91 Å². The second-order valence-electron chi connectivity index (χ2n) is 7.51. The number of aryl methyl sites for hydroxylation is 1. The minimum absolute atomic E-state index is 0.0951. The van der Waals surface area contributed by atoms with Crippen molar-refractivity contribution in [2.45, 2.75) is 39.2 Å². The number of nitrogens with one attached hydrogen (secondary N) is 1. The summed E-state index contributed by atoms with van der Waals surface area (Å²) in [6.07, 6.45) is 7.14. The zero-order valence-corrected chi connectivity index (χ0v) is 19.5. The highest BCUT2D eigenvalue weighted by Gasteiger charge is 2.16. The Morgan fingerprint density at radius 1 is 1.17 bits per heavy atom. The Kier molecular flexibility index (Phi) is 6.54. The first-order valence-electron chi connectivity index (χ1n) is 10.0. The number of thiazole rings is 1. The van der Waals surface area contributed by atoms with Gasteiger partial charge in [-0.1, -0.05) is 12.8 Å². The largest absolute Gasteiger partial charge is 0.348 e. The van der Waals surface area contributed by atoms with Crippen LogP contribution < -0.4 is 10.2 Å². The van der Waals surface area contributed by atoms with Crippen LogP contribution in [0.25, 0.3) is 0 Å². The monoisotopic (exact) mass is 520 g/mol. The summed E-state index contributed by atoms with van der Waals surface area (Å²) in [5, 5.41) is 6.23. The molecule has 7 heteroatoms. The molecule has 1 fully saturated rings. The van der Waals surface area contributed by atoms with Crippen molar-refractivity contribution in [3.63, 3.8) is 0 Å². The average Bonchev–Trinajstić information content (AvgIpc) is 3.21. The molecule has 152 valence electrons. The van der Waals surface area contributed by atoms with Crippen molar-refractivity contribution in [2.75, 3.05) is 23.3 Å². The summed E-state index contributed by atoms with van der Waals surface area (Å²) in [6, 6.07) is 9.76. The lowest BCUT2D eigenvalue weighted by Gasteiger charge is -2.18. The van der Waals surface area contributed by atoms with Crippen LogP contribution in [0.5, 0.6) is 0 Å². The van der Waals surface area contributed by atoms with Gasteiger partial charge < -0.3 is 14.8 Å². The van der Waals surface area contributed by atoms with E-state index >= 15 is 0 Å². The van der Waals surface area contributed by atoms with Crippen LogP contribution in [0.2, 0.25) is 0 Å². The quantitative estimate of drug-likeness (QED) is 0.450. The van der Waals surface area contributed by atoms with E-state index in [2.05, 4.69) is 38.2 Å². The van der Waals surface area contributed by atoms with E-state index in [0.717, 1.165) is 38.7 Å². The third kappa shape index (κ3) is 5.19. The maximum atomic E-state index is 12.9. The first kappa shape index (κ1) is 20.4. The fraction of sp³-hybridized carbons (Fsp3) is 0.364. The number of carbonyl (C=O) groups excluding carboxylic acids is 1. The molecule has 1 aromatic carbocycles. The van der Waals surface area contributed by atoms with Crippen molar-refractivity contribution < 1.29 is 4.79 Å². The topological polar surface area (TPSA) is 50.2 Å². The van der Waals surface area contributed by atoms with Gasteiger partial charge in [-0.2, -0.15) is 0 Å². The molecule has 0 atom stereocenters. The molecular weight excluding hydrogens is 495 g/mol. The standard InChI is InChI=1S/C22H25IN4OS/c1-16-12-20(21(28)24-18-8-6-17(23)7-9-18)27(13-16)14-19-15-29-22(25-19)26-10-4-2-3-5-11-26/h6-9,12-13,15H,2-5,10-11,14H2,1H3,(H,24,28). The van der Waals surface area contributed by atoms with Crippen LogP contribution in [0.4, 0.5) is 10.8 Å². The second kappa shape index (κ2) is 9.30. The molecule has 0 spiro atoms. The lowest BCUT2D eigenvalue weighted by molar-refractivity contribution is 0.101. The summed E-state index contributed by atoms with van der Waals surface area (Å²) in [5.74, 6) is -0.0951. The maximum absolute atomic E-state index is 12.9. The van der Waals surface area contributed by atoms with Crippen LogP contribution in [0.3, 0.4) is 0 Å². The fourth-order valence-electron chi connectivity index (χ4n) is 3.66. The van der Waals surface area contributed by atoms with E-state index in [1.54, 1.807) is 11.3 Å². The number of hydrogen-bond acceptors (Lipinski definition) is 4. The van der Waals surface area contributed by atoms with Gasteiger partial charge in [0, 0.05) is 33.9 Å². The van der Waals surface area contributed by atoms with Gasteiger partial charge in [0.25, 0.3) is 5.91 Å². The van der Waals surface area contributed by atoms with Gasteiger partial charge in [-0.15, -0.1) is 11.3 Å². The van der Waals surface area contributed by atoms with Gasteiger partial charge in [-0.3, -0.25) is 4.79 Å². The number of rotatable bonds is 5. The van der Waals surface area contributed by atoms with E-state index < -0.39 is 0 Å². The van der Waals surface area contributed by atoms with Crippen LogP contribution in [0.1, 0.15) is 47.4 Å². The summed E-state index contributed by atoms with van der Waals surface area (Å²) in [5.41, 5.74) is 3.54. The number of benzene rings is 1. The Morgan fingerprint density at radius 2 is 1.90 bits per heavy atom. The van der Waals surface area contributed by atoms with Crippen LogP contribution >= 0.6 is 33.9 Å². The third-order valence-corrected chi connectivity index (χ3v) is 6.79. The predicted molar refractivity (Wildman–Crippen MR) is 128 cm³/mol. The third-order valence-electron chi connectivity index (χ3n) is 5.12. The van der Waals surface area contributed by atoms with Gasteiger partial charge in [0.15, 0.2) is 5.13 Å². The van der Waals surface area contributed by atoms with E-state index in [4.69, 9.17) is 4.98 Å². The number of amides is 1. The first-order valence-corrected chi connectivity index (χ1v) is 12.0. The molecule has 1 amide bonds. The molecule has 5 nitrogen and oxygen atoms in total. The lowest BCUT2D eigenvalue weighted by Crippen LogP contribution is -2.23. The Bertz CT molecular complexity index is 971. The lowest BCUT2D eigenvalue weighted by atomic mass is 10.2. The highest BCUT2D eigenvalue weighted by molar-refractivity contribution is 14.1. The number of halogens is 1. The Morgan fingerprint density at radius 3 is 2.62 bits per heavy atom. The Labute approximate surface area is 189 Å². The van der Waals surface area contributed by atoms with E-state index in [0.29, 0.717) is 12.2 Å². The fourth-order valence-corrected chi connectivity index (χ4v) is 4.89. The van der Waals surface area contributed by atoms with E-state index in [9.17, 15) is 4.79 Å². The molecule has 0 radical (unpaired) electrons. The molecule has 0 bridgehead atoms. The molecule has 4 rings (SSSR count). The van der Waals surface area contributed by atoms with Crippen molar-refractivity contribution >= 4 is 50.7 Å². The smallest absolute Gasteiger partial charge is 0.272 e. The highest BCUT2D eigenvalue weighted by atomic mass is 127. The van der Waals surface area contributed by atoms with Crippen molar-refractivity contribution in [3.8, 4) is 0 Å². The zero-order valence-electron chi connectivity index (χ0n) is 16.5. The van der Waals surface area contributed by atoms with Crippen molar-refractivity contribution in [2.24, 2.45) is 0 Å². The van der Waals surface area contributed by atoms with Gasteiger partial charge in [0.05, 0.1) is 12.2 Å². The summed E-state index contributed by atoms with van der Waals surface area (Å²) in [7, 11) is 0. The zero-order chi connectivity index (χ0) is 20.2. The summed E-state index contributed by atoms with van der Waals surface area (Å²) < 4.78 is 3.14. The van der Waals surface area contributed by atoms with Gasteiger partial charge in [0.1, 0.15) is 5.69 Å². The number of hydrogen-bond donors (Lipinski definition) is 1. The van der Waals surface area contributed by atoms with Gasteiger partial charge >= 0.3 is 0 Å². The minimum Gasteiger partial charge on any atom is -0.348 e.